The van der Waals surface area contributed by atoms with E-state index in [0.29, 0.717) is 12.1 Å². The lowest BCUT2D eigenvalue weighted by Gasteiger charge is -2.05. The van der Waals surface area contributed by atoms with E-state index in [9.17, 15) is 18.0 Å². The Morgan fingerprint density at radius 2 is 2.00 bits per heavy atom. The number of phenolic OH excluding ortho intramolecular Hbond substituents is 1. The second kappa shape index (κ2) is 3.69. The SMILES string of the molecule is CC(=O)c1cc(C(F)F)c(F)cc1O. The van der Waals surface area contributed by atoms with Gasteiger partial charge in [-0.25, -0.2) is 13.2 Å². The van der Waals surface area contributed by atoms with E-state index in [1.807, 2.05) is 0 Å². The molecule has 0 saturated carbocycles. The molecule has 0 radical (unpaired) electrons. The molecule has 2 nitrogen and oxygen atoms in total. The number of halogens is 3. The molecular weight excluding hydrogens is 197 g/mol. The van der Waals surface area contributed by atoms with Crippen molar-refractivity contribution >= 4 is 5.78 Å². The second-order valence-corrected chi connectivity index (χ2v) is 2.75. The van der Waals surface area contributed by atoms with Gasteiger partial charge in [-0.15, -0.1) is 0 Å². The standard InChI is InChI=1S/C9H7F3O2/c1-4(13)5-2-6(9(11)12)7(10)3-8(5)14/h2-3,9,14H,1H3. The number of alkyl halides is 2. The third-order valence-corrected chi connectivity index (χ3v) is 1.73. The third-order valence-electron chi connectivity index (χ3n) is 1.73. The molecule has 0 bridgehead atoms. The van der Waals surface area contributed by atoms with Crippen LogP contribution in [-0.2, 0) is 0 Å². The number of phenols is 1. The summed E-state index contributed by atoms with van der Waals surface area (Å²) in [4.78, 5) is 10.8. The summed E-state index contributed by atoms with van der Waals surface area (Å²) in [6, 6.07) is 1.18. The molecule has 0 fully saturated rings. The molecule has 0 spiro atoms. The highest BCUT2D eigenvalue weighted by molar-refractivity contribution is 5.96. The van der Waals surface area contributed by atoms with Crippen molar-refractivity contribution in [3.05, 3.63) is 29.1 Å². The van der Waals surface area contributed by atoms with E-state index in [0.717, 1.165) is 6.92 Å². The first kappa shape index (κ1) is 10.6. The van der Waals surface area contributed by atoms with Crippen LogP contribution < -0.4 is 0 Å². The Morgan fingerprint density at radius 1 is 1.43 bits per heavy atom. The van der Waals surface area contributed by atoms with Gasteiger partial charge in [0, 0.05) is 6.07 Å². The molecule has 0 saturated heterocycles. The molecule has 0 aliphatic carbocycles. The summed E-state index contributed by atoms with van der Waals surface area (Å²) in [5.74, 6) is -2.44. The molecule has 0 aromatic heterocycles. The molecule has 1 rings (SSSR count). The van der Waals surface area contributed by atoms with Crippen LogP contribution in [0.1, 0.15) is 29.3 Å². The average molecular weight is 204 g/mol. The summed E-state index contributed by atoms with van der Waals surface area (Å²) >= 11 is 0. The van der Waals surface area contributed by atoms with Gasteiger partial charge in [-0.1, -0.05) is 0 Å². The zero-order valence-electron chi connectivity index (χ0n) is 7.22. The summed E-state index contributed by atoms with van der Waals surface area (Å²) in [5.41, 5.74) is -1.19. The number of carbonyl (C=O) groups excluding carboxylic acids is 1. The van der Waals surface area contributed by atoms with Crippen LogP contribution >= 0.6 is 0 Å². The molecule has 1 aromatic carbocycles. The summed E-state index contributed by atoms with van der Waals surface area (Å²) in [6.07, 6.45) is -3.01. The van der Waals surface area contributed by atoms with Gasteiger partial charge in [0.2, 0.25) is 0 Å². The van der Waals surface area contributed by atoms with Crippen LogP contribution in [0.25, 0.3) is 0 Å². The Labute approximate surface area is 78.0 Å². The Bertz CT molecular complexity index is 375. The third kappa shape index (κ3) is 1.86. The normalized spacial score (nSPS) is 10.6. The van der Waals surface area contributed by atoms with Gasteiger partial charge in [0.25, 0.3) is 6.43 Å². The largest absolute Gasteiger partial charge is 0.507 e. The number of hydrogen-bond donors (Lipinski definition) is 1. The highest BCUT2D eigenvalue weighted by Crippen LogP contribution is 2.28. The van der Waals surface area contributed by atoms with Gasteiger partial charge >= 0.3 is 0 Å². The van der Waals surface area contributed by atoms with Gasteiger partial charge in [-0.3, -0.25) is 4.79 Å². The number of aromatic hydroxyl groups is 1. The van der Waals surface area contributed by atoms with Gasteiger partial charge in [0.15, 0.2) is 5.78 Å². The predicted molar refractivity (Wildman–Crippen MR) is 43.0 cm³/mol. The molecule has 76 valence electrons. The molecule has 0 amide bonds. The van der Waals surface area contributed by atoms with Crippen LogP contribution in [-0.4, -0.2) is 10.9 Å². The van der Waals surface area contributed by atoms with Crippen molar-refractivity contribution in [1.82, 2.24) is 0 Å². The van der Waals surface area contributed by atoms with Crippen LogP contribution in [0.5, 0.6) is 5.75 Å². The maximum absolute atomic E-state index is 12.8. The number of ketones is 1. The van der Waals surface area contributed by atoms with Crippen molar-refractivity contribution in [2.24, 2.45) is 0 Å². The minimum absolute atomic E-state index is 0.304. The van der Waals surface area contributed by atoms with Crippen LogP contribution in [0.15, 0.2) is 12.1 Å². The first-order chi connectivity index (χ1) is 6.43. The molecule has 0 aliphatic heterocycles. The van der Waals surface area contributed by atoms with E-state index >= 15 is 0 Å². The minimum Gasteiger partial charge on any atom is -0.507 e. The summed E-state index contributed by atoms with van der Waals surface area (Å²) < 4.78 is 37.1. The Kier molecular flexibility index (Phi) is 2.78. The molecule has 1 aromatic rings. The lowest BCUT2D eigenvalue weighted by atomic mass is 10.1. The van der Waals surface area contributed by atoms with Crippen molar-refractivity contribution in [2.75, 3.05) is 0 Å². The van der Waals surface area contributed by atoms with Crippen molar-refractivity contribution in [3.8, 4) is 5.75 Å². The maximum Gasteiger partial charge on any atom is 0.266 e. The Hall–Kier alpha value is -1.52. The van der Waals surface area contributed by atoms with Crippen molar-refractivity contribution in [1.29, 1.82) is 0 Å². The van der Waals surface area contributed by atoms with Crippen molar-refractivity contribution < 1.29 is 23.1 Å². The highest BCUT2D eigenvalue weighted by atomic mass is 19.3. The predicted octanol–water partition coefficient (Wildman–Crippen LogP) is 2.67. The zero-order valence-corrected chi connectivity index (χ0v) is 7.22. The lowest BCUT2D eigenvalue weighted by Crippen LogP contribution is -1.98. The molecule has 0 atom stereocenters. The smallest absolute Gasteiger partial charge is 0.266 e. The van der Waals surface area contributed by atoms with Gasteiger partial charge in [-0.2, -0.15) is 0 Å². The second-order valence-electron chi connectivity index (χ2n) is 2.75. The number of carbonyl (C=O) groups is 1. The monoisotopic (exact) mass is 204 g/mol. The van der Waals surface area contributed by atoms with E-state index < -0.39 is 29.3 Å². The summed E-state index contributed by atoms with van der Waals surface area (Å²) in [7, 11) is 0. The van der Waals surface area contributed by atoms with E-state index in [2.05, 4.69) is 0 Å². The lowest BCUT2D eigenvalue weighted by molar-refractivity contribution is 0.101. The molecule has 0 heterocycles. The van der Waals surface area contributed by atoms with Crippen LogP contribution in [0.4, 0.5) is 13.2 Å². The van der Waals surface area contributed by atoms with Crippen LogP contribution in [0, 0.1) is 5.82 Å². The molecule has 0 unspecified atom stereocenters. The van der Waals surface area contributed by atoms with E-state index in [4.69, 9.17) is 5.11 Å². The fourth-order valence-electron chi connectivity index (χ4n) is 1.03. The topological polar surface area (TPSA) is 37.3 Å². The summed E-state index contributed by atoms with van der Waals surface area (Å²) in [5, 5.41) is 9.06. The number of Topliss-reactive ketones (excluding diaryl/α,β-unsaturated/α-hetero) is 1. The zero-order chi connectivity index (χ0) is 10.9. The molecule has 5 heteroatoms. The first-order valence-electron chi connectivity index (χ1n) is 3.75. The average Bonchev–Trinajstić information content (AvgIpc) is 2.02. The van der Waals surface area contributed by atoms with Crippen molar-refractivity contribution in [3.63, 3.8) is 0 Å². The molecule has 0 aliphatic rings. The number of hydrogen-bond acceptors (Lipinski definition) is 2. The minimum atomic E-state index is -3.01. The maximum atomic E-state index is 12.8. The Balaban J connectivity index is 3.34. The first-order valence-corrected chi connectivity index (χ1v) is 3.75. The fourth-order valence-corrected chi connectivity index (χ4v) is 1.03. The van der Waals surface area contributed by atoms with E-state index in [1.54, 1.807) is 0 Å². The molecular formula is C9H7F3O2. The Morgan fingerprint density at radius 3 is 2.43 bits per heavy atom. The van der Waals surface area contributed by atoms with E-state index in [1.165, 1.54) is 0 Å². The summed E-state index contributed by atoms with van der Waals surface area (Å²) in [6.45, 7) is 1.10. The van der Waals surface area contributed by atoms with E-state index in [-0.39, 0.29) is 5.56 Å². The van der Waals surface area contributed by atoms with Gasteiger partial charge in [-0.05, 0) is 13.0 Å². The van der Waals surface area contributed by atoms with Crippen LogP contribution in [0.2, 0.25) is 0 Å². The van der Waals surface area contributed by atoms with Crippen LogP contribution in [0.3, 0.4) is 0 Å². The fraction of sp³-hybridized carbons (Fsp3) is 0.222. The highest BCUT2D eigenvalue weighted by Gasteiger charge is 2.18. The van der Waals surface area contributed by atoms with Gasteiger partial charge < -0.3 is 5.11 Å². The van der Waals surface area contributed by atoms with Gasteiger partial charge in [0.1, 0.15) is 11.6 Å². The number of rotatable bonds is 2. The molecule has 1 N–H and O–H groups in total. The van der Waals surface area contributed by atoms with Crippen molar-refractivity contribution in [2.45, 2.75) is 13.3 Å². The number of benzene rings is 1. The molecule has 14 heavy (non-hydrogen) atoms. The van der Waals surface area contributed by atoms with Gasteiger partial charge in [0.05, 0.1) is 11.1 Å². The quantitative estimate of drug-likeness (QED) is 0.752.